The van der Waals surface area contributed by atoms with Gasteiger partial charge >= 0.3 is 0 Å². The largest absolute Gasteiger partial charge is 0.393 e. The first-order valence-corrected chi connectivity index (χ1v) is 9.69. The number of aliphatic hydroxyl groups excluding tert-OH is 1. The Morgan fingerprint density at radius 2 is 1.73 bits per heavy atom. The van der Waals surface area contributed by atoms with Crippen molar-refractivity contribution >= 4 is 5.78 Å². The van der Waals surface area contributed by atoms with Crippen LogP contribution in [0.1, 0.15) is 71.6 Å². The van der Waals surface area contributed by atoms with Crippen LogP contribution < -0.4 is 0 Å². The normalized spacial score (nSPS) is 54.2. The van der Waals surface area contributed by atoms with Gasteiger partial charge in [0.05, 0.1) is 6.10 Å². The fourth-order valence-electron chi connectivity index (χ4n) is 7.50. The molecule has 1 N–H and O–H groups in total. The third-order valence-corrected chi connectivity index (χ3v) is 8.42. The fraction of sp³-hybridized carbons (Fsp3) is 0.950. The minimum atomic E-state index is -0.0276. The van der Waals surface area contributed by atoms with Gasteiger partial charge in [0.15, 0.2) is 0 Å². The van der Waals surface area contributed by atoms with E-state index in [1.54, 1.807) is 0 Å². The highest BCUT2D eigenvalue weighted by atomic mass is 16.3. The highest BCUT2D eigenvalue weighted by molar-refractivity contribution is 5.79. The van der Waals surface area contributed by atoms with Crippen molar-refractivity contribution < 1.29 is 9.90 Å². The van der Waals surface area contributed by atoms with Crippen LogP contribution in [0.15, 0.2) is 0 Å². The Balaban J connectivity index is 1.56. The summed E-state index contributed by atoms with van der Waals surface area (Å²) in [7, 11) is 0. The molecule has 8 atom stereocenters. The summed E-state index contributed by atoms with van der Waals surface area (Å²) in [6.07, 6.45) is 11.1. The zero-order valence-electron chi connectivity index (χ0n) is 14.3. The van der Waals surface area contributed by atoms with E-state index in [1.807, 2.05) is 6.92 Å². The lowest BCUT2D eigenvalue weighted by molar-refractivity contribution is -0.128. The minimum Gasteiger partial charge on any atom is -0.393 e. The zero-order valence-corrected chi connectivity index (χ0v) is 14.3. The molecule has 4 aliphatic rings. The molecule has 22 heavy (non-hydrogen) atoms. The summed E-state index contributed by atoms with van der Waals surface area (Å²) in [6.45, 7) is 4.26. The fourth-order valence-corrected chi connectivity index (χ4v) is 7.50. The topological polar surface area (TPSA) is 37.3 Å². The zero-order chi connectivity index (χ0) is 15.5. The van der Waals surface area contributed by atoms with Gasteiger partial charge < -0.3 is 5.11 Å². The van der Waals surface area contributed by atoms with E-state index in [4.69, 9.17) is 0 Å². The van der Waals surface area contributed by atoms with Crippen molar-refractivity contribution in [3.8, 4) is 0 Å². The molecule has 0 aromatic heterocycles. The quantitative estimate of drug-likeness (QED) is 0.788. The van der Waals surface area contributed by atoms with E-state index in [2.05, 4.69) is 6.92 Å². The second-order valence-corrected chi connectivity index (χ2v) is 9.19. The Labute approximate surface area is 135 Å². The van der Waals surface area contributed by atoms with Crippen LogP contribution in [0.25, 0.3) is 0 Å². The van der Waals surface area contributed by atoms with Crippen molar-refractivity contribution in [1.82, 2.24) is 0 Å². The van der Waals surface area contributed by atoms with E-state index in [1.165, 1.54) is 38.5 Å². The van der Waals surface area contributed by atoms with Crippen LogP contribution in [0.3, 0.4) is 0 Å². The van der Waals surface area contributed by atoms with Crippen LogP contribution >= 0.6 is 0 Å². The number of hydrogen-bond donors (Lipinski definition) is 1. The summed E-state index contributed by atoms with van der Waals surface area (Å²) >= 11 is 0. The SMILES string of the molecule is CC(=O)[C@H]1CCC2C3CCC4CC(O)CC[C@@H]4C3CC[C@@]21C. The highest BCUT2D eigenvalue weighted by Crippen LogP contribution is 2.64. The monoisotopic (exact) mass is 304 g/mol. The molecule has 4 fully saturated rings. The Bertz CT molecular complexity index is 459. The van der Waals surface area contributed by atoms with E-state index in [9.17, 15) is 9.90 Å². The number of fused-ring (bicyclic) bond motifs is 5. The summed E-state index contributed by atoms with van der Waals surface area (Å²) in [6, 6.07) is 0. The molecule has 0 amide bonds. The van der Waals surface area contributed by atoms with E-state index >= 15 is 0 Å². The number of carbonyl (C=O) groups excluding carboxylic acids is 1. The number of rotatable bonds is 1. The third-order valence-electron chi connectivity index (χ3n) is 8.42. The van der Waals surface area contributed by atoms with Gasteiger partial charge in [0.1, 0.15) is 5.78 Å². The van der Waals surface area contributed by atoms with Gasteiger partial charge in [0, 0.05) is 5.92 Å². The molecule has 5 unspecified atom stereocenters. The number of carbonyl (C=O) groups is 1. The summed E-state index contributed by atoms with van der Waals surface area (Å²) in [4.78, 5) is 12.1. The van der Waals surface area contributed by atoms with Gasteiger partial charge in [0.2, 0.25) is 0 Å². The Kier molecular flexibility index (Phi) is 3.67. The minimum absolute atomic E-state index is 0.0276. The van der Waals surface area contributed by atoms with E-state index in [0.717, 1.165) is 48.9 Å². The van der Waals surface area contributed by atoms with Gasteiger partial charge in [-0.2, -0.15) is 0 Å². The second-order valence-electron chi connectivity index (χ2n) is 9.19. The third kappa shape index (κ3) is 2.12. The summed E-state index contributed by atoms with van der Waals surface area (Å²) < 4.78 is 0. The lowest BCUT2D eigenvalue weighted by Crippen LogP contribution is -2.49. The summed E-state index contributed by atoms with van der Waals surface area (Å²) in [5, 5.41) is 9.99. The molecule has 4 saturated carbocycles. The molecule has 2 nitrogen and oxygen atoms in total. The van der Waals surface area contributed by atoms with E-state index in [-0.39, 0.29) is 6.10 Å². The first-order chi connectivity index (χ1) is 10.5. The lowest BCUT2D eigenvalue weighted by atomic mass is 9.49. The molecule has 0 bridgehead atoms. The average molecular weight is 304 g/mol. The molecule has 0 aromatic carbocycles. The molecule has 0 aromatic rings. The standard InChI is InChI=1S/C20H32O2/c1-12(21)18-7-8-19-17-5-3-13-11-14(22)4-6-15(13)16(17)9-10-20(18,19)2/h13-19,22H,3-11H2,1-2H3/t13?,14?,15-,16?,17?,18+,19?,20+/m0/s1. The summed E-state index contributed by atoms with van der Waals surface area (Å²) in [5.41, 5.74) is 0.300. The van der Waals surface area contributed by atoms with Crippen molar-refractivity contribution in [1.29, 1.82) is 0 Å². The maximum Gasteiger partial charge on any atom is 0.133 e. The number of hydrogen-bond acceptors (Lipinski definition) is 2. The molecular weight excluding hydrogens is 272 g/mol. The Morgan fingerprint density at radius 3 is 2.50 bits per heavy atom. The molecule has 0 aliphatic heterocycles. The molecule has 124 valence electrons. The van der Waals surface area contributed by atoms with Crippen LogP contribution in [-0.2, 0) is 4.79 Å². The smallest absolute Gasteiger partial charge is 0.133 e. The van der Waals surface area contributed by atoms with Crippen molar-refractivity contribution in [2.75, 3.05) is 0 Å². The summed E-state index contributed by atoms with van der Waals surface area (Å²) in [5.74, 6) is 5.02. The number of Topliss-reactive ketones (excluding diaryl/α,β-unsaturated/α-hetero) is 1. The van der Waals surface area contributed by atoms with Gasteiger partial charge in [-0.3, -0.25) is 4.79 Å². The van der Waals surface area contributed by atoms with Crippen LogP contribution in [0.2, 0.25) is 0 Å². The molecule has 4 rings (SSSR count). The van der Waals surface area contributed by atoms with Crippen molar-refractivity contribution in [2.24, 2.45) is 40.9 Å². The van der Waals surface area contributed by atoms with Crippen molar-refractivity contribution in [2.45, 2.75) is 77.7 Å². The number of aliphatic hydroxyl groups is 1. The maximum absolute atomic E-state index is 12.1. The maximum atomic E-state index is 12.1. The second kappa shape index (κ2) is 5.33. The lowest BCUT2D eigenvalue weighted by Gasteiger charge is -2.56. The van der Waals surface area contributed by atoms with E-state index in [0.29, 0.717) is 17.1 Å². The van der Waals surface area contributed by atoms with Crippen LogP contribution in [0.5, 0.6) is 0 Å². The average Bonchev–Trinajstić information content (AvgIpc) is 2.84. The van der Waals surface area contributed by atoms with Gasteiger partial charge in [0.25, 0.3) is 0 Å². The first kappa shape index (κ1) is 15.2. The molecule has 0 spiro atoms. The van der Waals surface area contributed by atoms with Crippen LogP contribution in [0.4, 0.5) is 0 Å². The first-order valence-electron chi connectivity index (χ1n) is 9.69. The number of ketones is 1. The van der Waals surface area contributed by atoms with Gasteiger partial charge in [-0.1, -0.05) is 6.92 Å². The predicted molar refractivity (Wildman–Crippen MR) is 87.3 cm³/mol. The molecule has 0 heterocycles. The highest BCUT2D eigenvalue weighted by Gasteiger charge is 2.57. The Hall–Kier alpha value is -0.370. The van der Waals surface area contributed by atoms with Gasteiger partial charge in [-0.05, 0) is 99.7 Å². The van der Waals surface area contributed by atoms with Crippen molar-refractivity contribution in [3.05, 3.63) is 0 Å². The molecular formula is C20H32O2. The van der Waals surface area contributed by atoms with Crippen LogP contribution in [0, 0.1) is 40.9 Å². The molecule has 4 aliphatic carbocycles. The predicted octanol–water partition coefficient (Wildman–Crippen LogP) is 4.21. The molecule has 0 radical (unpaired) electrons. The van der Waals surface area contributed by atoms with Crippen molar-refractivity contribution in [3.63, 3.8) is 0 Å². The Morgan fingerprint density at radius 1 is 0.955 bits per heavy atom. The van der Waals surface area contributed by atoms with Gasteiger partial charge in [-0.15, -0.1) is 0 Å². The van der Waals surface area contributed by atoms with Crippen LogP contribution in [-0.4, -0.2) is 17.0 Å². The molecule has 2 heteroatoms. The molecule has 0 saturated heterocycles. The van der Waals surface area contributed by atoms with E-state index < -0.39 is 0 Å². The van der Waals surface area contributed by atoms with Gasteiger partial charge in [-0.25, -0.2) is 0 Å².